The molecule has 41 heavy (non-hydrogen) atoms. The Bertz CT molecular complexity index is 1340. The van der Waals surface area contributed by atoms with E-state index in [4.69, 9.17) is 23.7 Å². The number of benzene rings is 4. The van der Waals surface area contributed by atoms with Crippen LogP contribution in [0.2, 0.25) is 0 Å². The zero-order valence-corrected chi connectivity index (χ0v) is 24.4. The van der Waals surface area contributed by atoms with Crippen molar-refractivity contribution in [1.82, 2.24) is 0 Å². The molecule has 4 aromatic rings. The number of ether oxygens (including phenoxy) is 5. The topological polar surface area (TPSA) is 52.6 Å². The average Bonchev–Trinajstić information content (AvgIpc) is 3.01. The molecule has 0 aromatic heterocycles. The Kier molecular flexibility index (Phi) is 11.1. The number of hydrogen-bond acceptors (Lipinski definition) is 7. The van der Waals surface area contributed by atoms with Crippen molar-refractivity contribution in [2.75, 3.05) is 64.5 Å². The molecule has 0 aliphatic rings. The van der Waals surface area contributed by atoms with Gasteiger partial charge in [-0.2, -0.15) is 0 Å². The van der Waals surface area contributed by atoms with Gasteiger partial charge in [-0.05, 0) is 71.8 Å². The first-order valence-electron chi connectivity index (χ1n) is 13.8. The third kappa shape index (κ3) is 9.36. The Morgan fingerprint density at radius 2 is 1.07 bits per heavy atom. The SMILES string of the molecule is COc1cccc(CN(Cc2cccc(N(C)C)c2)c2ccc(OCCOCCOc3cccc(OC)c3)cc2)c1. The van der Waals surface area contributed by atoms with Gasteiger partial charge in [-0.25, -0.2) is 0 Å². The molecule has 7 heteroatoms. The summed E-state index contributed by atoms with van der Waals surface area (Å²) in [5.74, 6) is 3.19. The number of anilines is 2. The molecule has 0 fully saturated rings. The molecule has 0 aliphatic heterocycles. The highest BCUT2D eigenvalue weighted by atomic mass is 16.5. The lowest BCUT2D eigenvalue weighted by Crippen LogP contribution is -2.22. The van der Waals surface area contributed by atoms with E-state index in [9.17, 15) is 0 Å². The average molecular weight is 557 g/mol. The quantitative estimate of drug-likeness (QED) is 0.147. The predicted molar refractivity (Wildman–Crippen MR) is 165 cm³/mol. The standard InChI is InChI=1S/C34H40N2O5/c1-35(2)30-10-5-8-27(22-30)25-36(26-28-9-6-11-32(23-28)37-3)29-14-16-31(17-15-29)40-20-18-39-19-21-41-34-13-7-12-33(24-34)38-4/h5-17,22-24H,18-21,25-26H2,1-4H3. The normalized spacial score (nSPS) is 10.6. The van der Waals surface area contributed by atoms with E-state index in [2.05, 4.69) is 72.4 Å². The zero-order chi connectivity index (χ0) is 28.9. The molecule has 0 atom stereocenters. The minimum absolute atomic E-state index is 0.461. The van der Waals surface area contributed by atoms with Crippen LogP contribution in [0.3, 0.4) is 0 Å². The van der Waals surface area contributed by atoms with Gasteiger partial charge < -0.3 is 33.5 Å². The van der Waals surface area contributed by atoms with Crippen LogP contribution < -0.4 is 28.7 Å². The highest BCUT2D eigenvalue weighted by Gasteiger charge is 2.11. The first-order chi connectivity index (χ1) is 20.0. The first kappa shape index (κ1) is 29.6. The Balaban J connectivity index is 1.31. The maximum atomic E-state index is 5.92. The van der Waals surface area contributed by atoms with E-state index in [1.807, 2.05) is 48.5 Å². The molecule has 216 valence electrons. The summed E-state index contributed by atoms with van der Waals surface area (Å²) in [4.78, 5) is 4.48. The summed E-state index contributed by atoms with van der Waals surface area (Å²) < 4.78 is 28.0. The molecule has 0 N–H and O–H groups in total. The van der Waals surface area contributed by atoms with E-state index in [0.29, 0.717) is 26.4 Å². The van der Waals surface area contributed by atoms with E-state index >= 15 is 0 Å². The molecule has 0 amide bonds. The van der Waals surface area contributed by atoms with Crippen molar-refractivity contribution >= 4 is 11.4 Å². The second kappa shape index (κ2) is 15.4. The largest absolute Gasteiger partial charge is 0.497 e. The van der Waals surface area contributed by atoms with Gasteiger partial charge in [-0.3, -0.25) is 0 Å². The lowest BCUT2D eigenvalue weighted by molar-refractivity contribution is 0.0764. The van der Waals surface area contributed by atoms with Crippen molar-refractivity contribution in [3.8, 4) is 23.0 Å². The zero-order valence-electron chi connectivity index (χ0n) is 24.4. The molecule has 0 spiro atoms. The van der Waals surface area contributed by atoms with Gasteiger partial charge in [0.1, 0.15) is 36.2 Å². The molecule has 4 aromatic carbocycles. The van der Waals surface area contributed by atoms with E-state index in [1.165, 1.54) is 16.8 Å². The van der Waals surface area contributed by atoms with Crippen LogP contribution in [-0.2, 0) is 17.8 Å². The van der Waals surface area contributed by atoms with Gasteiger partial charge >= 0.3 is 0 Å². The van der Waals surface area contributed by atoms with Crippen molar-refractivity contribution < 1.29 is 23.7 Å². The Labute approximate surface area is 243 Å². The van der Waals surface area contributed by atoms with E-state index < -0.39 is 0 Å². The van der Waals surface area contributed by atoms with Gasteiger partial charge in [0.15, 0.2) is 0 Å². The summed E-state index contributed by atoms with van der Waals surface area (Å²) in [6.07, 6.45) is 0. The lowest BCUT2D eigenvalue weighted by Gasteiger charge is -2.26. The lowest BCUT2D eigenvalue weighted by atomic mass is 10.1. The second-order valence-electron chi connectivity index (χ2n) is 9.75. The van der Waals surface area contributed by atoms with E-state index in [0.717, 1.165) is 41.8 Å². The van der Waals surface area contributed by atoms with Crippen LogP contribution in [0.4, 0.5) is 11.4 Å². The molecule has 4 rings (SSSR count). The summed E-state index contributed by atoms with van der Waals surface area (Å²) >= 11 is 0. The number of methoxy groups -OCH3 is 2. The van der Waals surface area contributed by atoms with Crippen molar-refractivity contribution in [3.05, 3.63) is 108 Å². The number of nitrogens with zero attached hydrogens (tertiary/aromatic N) is 2. The monoisotopic (exact) mass is 556 g/mol. The maximum Gasteiger partial charge on any atom is 0.123 e. The van der Waals surface area contributed by atoms with Crippen molar-refractivity contribution in [1.29, 1.82) is 0 Å². The minimum Gasteiger partial charge on any atom is -0.497 e. The van der Waals surface area contributed by atoms with Crippen molar-refractivity contribution in [3.63, 3.8) is 0 Å². The number of rotatable bonds is 16. The second-order valence-corrected chi connectivity index (χ2v) is 9.75. The van der Waals surface area contributed by atoms with Crippen LogP contribution >= 0.6 is 0 Å². The molecule has 7 nitrogen and oxygen atoms in total. The Morgan fingerprint density at radius 1 is 0.512 bits per heavy atom. The molecule has 0 radical (unpaired) electrons. The number of hydrogen-bond donors (Lipinski definition) is 0. The van der Waals surface area contributed by atoms with Gasteiger partial charge in [0.25, 0.3) is 0 Å². The van der Waals surface area contributed by atoms with Crippen LogP contribution in [-0.4, -0.2) is 54.7 Å². The molecule has 0 aliphatic carbocycles. The van der Waals surface area contributed by atoms with Gasteiger partial charge in [-0.15, -0.1) is 0 Å². The molecule has 0 saturated heterocycles. The van der Waals surface area contributed by atoms with Gasteiger partial charge in [0.05, 0.1) is 27.4 Å². The fraction of sp³-hybridized carbons (Fsp3) is 0.294. The van der Waals surface area contributed by atoms with Gasteiger partial charge in [-0.1, -0.05) is 30.3 Å². The van der Waals surface area contributed by atoms with Crippen LogP contribution in [0.5, 0.6) is 23.0 Å². The first-order valence-corrected chi connectivity index (χ1v) is 13.8. The third-order valence-corrected chi connectivity index (χ3v) is 6.54. The highest BCUT2D eigenvalue weighted by Crippen LogP contribution is 2.26. The smallest absolute Gasteiger partial charge is 0.123 e. The fourth-order valence-electron chi connectivity index (χ4n) is 4.37. The molecular weight excluding hydrogens is 516 g/mol. The van der Waals surface area contributed by atoms with E-state index in [-0.39, 0.29) is 0 Å². The Morgan fingerprint density at radius 3 is 1.73 bits per heavy atom. The van der Waals surface area contributed by atoms with E-state index in [1.54, 1.807) is 14.2 Å². The maximum absolute atomic E-state index is 5.92. The van der Waals surface area contributed by atoms with Crippen LogP contribution in [0.15, 0.2) is 97.1 Å². The molecule has 0 heterocycles. The predicted octanol–water partition coefficient (Wildman–Crippen LogP) is 6.45. The fourth-order valence-corrected chi connectivity index (χ4v) is 4.37. The molecule has 0 unspecified atom stereocenters. The summed E-state index contributed by atoms with van der Waals surface area (Å²) in [7, 11) is 7.46. The molecule has 0 saturated carbocycles. The van der Waals surface area contributed by atoms with Gasteiger partial charge in [0, 0.05) is 44.6 Å². The van der Waals surface area contributed by atoms with Crippen LogP contribution in [0, 0.1) is 0 Å². The van der Waals surface area contributed by atoms with Crippen LogP contribution in [0.1, 0.15) is 11.1 Å². The van der Waals surface area contributed by atoms with Crippen molar-refractivity contribution in [2.45, 2.75) is 13.1 Å². The molecular formula is C34H40N2O5. The van der Waals surface area contributed by atoms with Crippen LogP contribution in [0.25, 0.3) is 0 Å². The van der Waals surface area contributed by atoms with Gasteiger partial charge in [0.2, 0.25) is 0 Å². The summed E-state index contributed by atoms with van der Waals surface area (Å²) in [5.41, 5.74) is 4.72. The Hall–Kier alpha value is -4.36. The summed E-state index contributed by atoms with van der Waals surface area (Å²) in [6, 6.07) is 32.6. The van der Waals surface area contributed by atoms with Crippen molar-refractivity contribution in [2.24, 2.45) is 0 Å². The minimum atomic E-state index is 0.461. The summed E-state index contributed by atoms with van der Waals surface area (Å²) in [5, 5.41) is 0. The summed E-state index contributed by atoms with van der Waals surface area (Å²) in [6.45, 7) is 3.40. The molecule has 0 bridgehead atoms. The third-order valence-electron chi connectivity index (χ3n) is 6.54. The highest BCUT2D eigenvalue weighted by molar-refractivity contribution is 5.52.